The zero-order valence-electron chi connectivity index (χ0n) is 14.8. The van der Waals surface area contributed by atoms with Gasteiger partial charge in [0.05, 0.1) is 17.2 Å². The van der Waals surface area contributed by atoms with Gasteiger partial charge < -0.3 is 9.73 Å². The standard InChI is InChI=1S/C19H24N2O4S/c1-26(23,24)16-9-7-15(8-10-16)19(22)20-14-17(18-6-5-13-25-18)21-11-3-2-4-12-21/h5-10,13,17H,2-4,11-12,14H2,1H3,(H,20,22)/t17-/m1/s1. The van der Waals surface area contributed by atoms with E-state index in [2.05, 4.69) is 10.2 Å². The molecular weight excluding hydrogens is 352 g/mol. The summed E-state index contributed by atoms with van der Waals surface area (Å²) < 4.78 is 28.6. The molecule has 2 heterocycles. The first-order chi connectivity index (χ1) is 12.4. The van der Waals surface area contributed by atoms with Crippen molar-refractivity contribution in [3.8, 4) is 0 Å². The Hall–Kier alpha value is -2.12. The predicted octanol–water partition coefficient (Wildman–Crippen LogP) is 2.64. The number of carbonyl (C=O) groups is 1. The van der Waals surface area contributed by atoms with Crippen molar-refractivity contribution < 1.29 is 17.6 Å². The molecule has 1 aromatic carbocycles. The summed E-state index contributed by atoms with van der Waals surface area (Å²) in [7, 11) is -3.27. The third-order valence-corrected chi connectivity index (χ3v) is 5.83. The lowest BCUT2D eigenvalue weighted by molar-refractivity contribution is 0.0914. The van der Waals surface area contributed by atoms with Crippen LogP contribution in [0.4, 0.5) is 0 Å². The summed E-state index contributed by atoms with van der Waals surface area (Å²) in [6.45, 7) is 2.43. The van der Waals surface area contributed by atoms with Crippen LogP contribution in [0.5, 0.6) is 0 Å². The van der Waals surface area contributed by atoms with Gasteiger partial charge in [-0.05, 0) is 62.3 Å². The number of benzene rings is 1. The molecule has 0 bridgehead atoms. The third-order valence-electron chi connectivity index (χ3n) is 4.70. The number of hydrogen-bond acceptors (Lipinski definition) is 5. The number of hydrogen-bond donors (Lipinski definition) is 1. The van der Waals surface area contributed by atoms with E-state index in [-0.39, 0.29) is 16.8 Å². The molecule has 1 N–H and O–H groups in total. The molecule has 0 saturated carbocycles. The van der Waals surface area contributed by atoms with Gasteiger partial charge in [-0.1, -0.05) is 6.42 Å². The minimum atomic E-state index is -3.27. The Kier molecular flexibility index (Phi) is 5.78. The maximum Gasteiger partial charge on any atom is 0.251 e. The normalized spacial score (nSPS) is 17.0. The van der Waals surface area contributed by atoms with E-state index >= 15 is 0 Å². The molecule has 1 aliphatic heterocycles. The molecule has 0 spiro atoms. The largest absolute Gasteiger partial charge is 0.468 e. The van der Waals surface area contributed by atoms with Crippen molar-refractivity contribution in [2.24, 2.45) is 0 Å². The Morgan fingerprint density at radius 3 is 2.42 bits per heavy atom. The molecule has 140 valence electrons. The third kappa shape index (κ3) is 4.53. The van der Waals surface area contributed by atoms with Crippen LogP contribution in [0.1, 0.15) is 41.4 Å². The Bertz CT molecular complexity index is 823. The topological polar surface area (TPSA) is 79.6 Å². The van der Waals surface area contributed by atoms with Crippen LogP contribution in [0.2, 0.25) is 0 Å². The number of carbonyl (C=O) groups excluding carboxylic acids is 1. The second-order valence-corrected chi connectivity index (χ2v) is 8.65. The molecule has 1 aromatic heterocycles. The SMILES string of the molecule is CS(=O)(=O)c1ccc(C(=O)NC[C@H](c2ccco2)N2CCCCC2)cc1. The van der Waals surface area contributed by atoms with Crippen LogP contribution >= 0.6 is 0 Å². The first-order valence-corrected chi connectivity index (χ1v) is 10.7. The summed E-state index contributed by atoms with van der Waals surface area (Å²) >= 11 is 0. The van der Waals surface area contributed by atoms with Gasteiger partial charge in [-0.3, -0.25) is 9.69 Å². The number of furan rings is 1. The van der Waals surface area contributed by atoms with Crippen LogP contribution in [0.3, 0.4) is 0 Å². The summed E-state index contributed by atoms with van der Waals surface area (Å²) in [6.07, 6.45) is 6.34. The average Bonchev–Trinajstić information content (AvgIpc) is 3.16. The summed E-state index contributed by atoms with van der Waals surface area (Å²) in [6, 6.07) is 9.79. The lowest BCUT2D eigenvalue weighted by Crippen LogP contribution is -2.40. The lowest BCUT2D eigenvalue weighted by atomic mass is 10.1. The highest BCUT2D eigenvalue weighted by atomic mass is 32.2. The van der Waals surface area contributed by atoms with E-state index in [1.165, 1.54) is 30.7 Å². The Balaban J connectivity index is 1.67. The summed E-state index contributed by atoms with van der Waals surface area (Å²) in [4.78, 5) is 15.0. The van der Waals surface area contributed by atoms with Crippen LogP contribution in [0.15, 0.2) is 52.0 Å². The van der Waals surface area contributed by atoms with Crippen molar-refractivity contribution in [2.75, 3.05) is 25.9 Å². The fraction of sp³-hybridized carbons (Fsp3) is 0.421. The van der Waals surface area contributed by atoms with E-state index in [1.54, 1.807) is 6.26 Å². The number of rotatable bonds is 6. The zero-order chi connectivity index (χ0) is 18.6. The van der Waals surface area contributed by atoms with Crippen LogP contribution in [0.25, 0.3) is 0 Å². The van der Waals surface area contributed by atoms with Crippen LogP contribution in [-0.4, -0.2) is 45.1 Å². The molecule has 1 amide bonds. The van der Waals surface area contributed by atoms with E-state index in [9.17, 15) is 13.2 Å². The fourth-order valence-corrected chi connectivity index (χ4v) is 3.90. The summed E-state index contributed by atoms with van der Waals surface area (Å²) in [5.74, 6) is 0.623. The van der Waals surface area contributed by atoms with Gasteiger partial charge in [0, 0.05) is 18.4 Å². The molecule has 1 saturated heterocycles. The van der Waals surface area contributed by atoms with Gasteiger partial charge in [-0.2, -0.15) is 0 Å². The van der Waals surface area contributed by atoms with E-state index in [0.717, 1.165) is 37.9 Å². The summed E-state index contributed by atoms with van der Waals surface area (Å²) in [5, 5.41) is 2.95. The second kappa shape index (κ2) is 8.05. The number of amides is 1. The molecule has 0 radical (unpaired) electrons. The molecule has 3 rings (SSSR count). The molecule has 1 aliphatic rings. The monoisotopic (exact) mass is 376 g/mol. The maximum absolute atomic E-state index is 12.5. The molecule has 7 heteroatoms. The molecular formula is C19H24N2O4S. The Labute approximate surface area is 154 Å². The minimum Gasteiger partial charge on any atom is -0.468 e. The quantitative estimate of drug-likeness (QED) is 0.838. The van der Waals surface area contributed by atoms with Gasteiger partial charge in [0.2, 0.25) is 0 Å². The van der Waals surface area contributed by atoms with E-state index in [0.29, 0.717) is 12.1 Å². The van der Waals surface area contributed by atoms with Gasteiger partial charge >= 0.3 is 0 Å². The first-order valence-electron chi connectivity index (χ1n) is 8.81. The zero-order valence-corrected chi connectivity index (χ0v) is 15.7. The highest BCUT2D eigenvalue weighted by molar-refractivity contribution is 7.90. The van der Waals surface area contributed by atoms with Gasteiger partial charge in [-0.15, -0.1) is 0 Å². The van der Waals surface area contributed by atoms with Crippen molar-refractivity contribution in [3.05, 3.63) is 54.0 Å². The number of nitrogens with zero attached hydrogens (tertiary/aromatic N) is 1. The number of nitrogens with one attached hydrogen (secondary N) is 1. The van der Waals surface area contributed by atoms with Crippen molar-refractivity contribution in [3.63, 3.8) is 0 Å². The van der Waals surface area contributed by atoms with Crippen molar-refractivity contribution in [1.82, 2.24) is 10.2 Å². The van der Waals surface area contributed by atoms with Crippen molar-refractivity contribution >= 4 is 15.7 Å². The maximum atomic E-state index is 12.5. The van der Waals surface area contributed by atoms with Crippen molar-refractivity contribution in [1.29, 1.82) is 0 Å². The summed E-state index contributed by atoms with van der Waals surface area (Å²) in [5.41, 5.74) is 0.439. The van der Waals surface area contributed by atoms with Gasteiger partial charge in [0.15, 0.2) is 9.84 Å². The number of piperidine rings is 1. The Morgan fingerprint density at radius 1 is 1.15 bits per heavy atom. The molecule has 26 heavy (non-hydrogen) atoms. The molecule has 2 aromatic rings. The highest BCUT2D eigenvalue weighted by Gasteiger charge is 2.25. The minimum absolute atomic E-state index is 0.00421. The van der Waals surface area contributed by atoms with Gasteiger partial charge in [-0.25, -0.2) is 8.42 Å². The molecule has 0 aliphatic carbocycles. The van der Waals surface area contributed by atoms with E-state index in [1.807, 2.05) is 12.1 Å². The van der Waals surface area contributed by atoms with Crippen molar-refractivity contribution in [2.45, 2.75) is 30.2 Å². The predicted molar refractivity (Wildman–Crippen MR) is 98.8 cm³/mol. The number of sulfone groups is 1. The first kappa shape index (κ1) is 18.7. The molecule has 0 unspecified atom stereocenters. The molecule has 1 atom stereocenters. The second-order valence-electron chi connectivity index (χ2n) is 6.63. The van der Waals surface area contributed by atoms with Crippen LogP contribution in [-0.2, 0) is 9.84 Å². The van der Waals surface area contributed by atoms with Gasteiger partial charge in [0.1, 0.15) is 5.76 Å². The lowest BCUT2D eigenvalue weighted by Gasteiger charge is -2.33. The van der Waals surface area contributed by atoms with Crippen LogP contribution < -0.4 is 5.32 Å². The Morgan fingerprint density at radius 2 is 1.85 bits per heavy atom. The van der Waals surface area contributed by atoms with Gasteiger partial charge in [0.25, 0.3) is 5.91 Å². The van der Waals surface area contributed by atoms with E-state index in [4.69, 9.17) is 4.42 Å². The average molecular weight is 376 g/mol. The molecule has 6 nitrogen and oxygen atoms in total. The smallest absolute Gasteiger partial charge is 0.251 e. The molecule has 1 fully saturated rings. The van der Waals surface area contributed by atoms with Crippen LogP contribution in [0, 0.1) is 0 Å². The number of likely N-dealkylation sites (tertiary alicyclic amines) is 1. The fourth-order valence-electron chi connectivity index (χ4n) is 3.27. The highest BCUT2D eigenvalue weighted by Crippen LogP contribution is 2.24. The van der Waals surface area contributed by atoms with E-state index < -0.39 is 9.84 Å².